The summed E-state index contributed by atoms with van der Waals surface area (Å²) in [5.41, 5.74) is 8.45. The predicted octanol–water partition coefficient (Wildman–Crippen LogP) is 2.93. The molecule has 1 aromatic carbocycles. The van der Waals surface area contributed by atoms with Crippen molar-refractivity contribution in [3.63, 3.8) is 0 Å². The molecule has 2 aliphatic rings. The van der Waals surface area contributed by atoms with Crippen LogP contribution < -0.4 is 15.8 Å². The normalized spacial score (nSPS) is 21.6. The molecule has 2 saturated heterocycles. The number of nitrogens with one attached hydrogen (secondary N) is 1. The van der Waals surface area contributed by atoms with E-state index < -0.39 is 0 Å². The van der Waals surface area contributed by atoms with Crippen molar-refractivity contribution >= 4 is 5.82 Å². The minimum atomic E-state index is 0.0630. The van der Waals surface area contributed by atoms with Crippen LogP contribution in [0.5, 0.6) is 11.5 Å². The van der Waals surface area contributed by atoms with Crippen LogP contribution in [0.2, 0.25) is 0 Å². The lowest BCUT2D eigenvalue weighted by atomic mass is 9.88. The number of nitrogen functional groups attached to an aromatic ring is 1. The molecule has 0 bridgehead atoms. The molecule has 2 fully saturated rings. The number of phenolic OH excluding ortho intramolecular Hbond substituents is 1. The van der Waals surface area contributed by atoms with Crippen molar-refractivity contribution in [1.29, 1.82) is 5.26 Å². The second-order valence-electron chi connectivity index (χ2n) is 7.61. The highest BCUT2D eigenvalue weighted by molar-refractivity contribution is 5.76. The summed E-state index contributed by atoms with van der Waals surface area (Å²) < 4.78 is 11.6. The maximum absolute atomic E-state index is 10.6. The molecule has 29 heavy (non-hydrogen) atoms. The first kappa shape index (κ1) is 19.5. The number of nitrogens with two attached hydrogens (primary N) is 1. The topological polar surface area (TPSA) is 113 Å². The molecule has 2 aromatic rings. The number of anilines is 1. The molecule has 0 saturated carbocycles. The van der Waals surface area contributed by atoms with E-state index in [-0.39, 0.29) is 23.6 Å². The summed E-state index contributed by atoms with van der Waals surface area (Å²) in [7, 11) is 0. The summed E-state index contributed by atoms with van der Waals surface area (Å²) in [6.45, 7) is 2.95. The van der Waals surface area contributed by atoms with Gasteiger partial charge in [-0.25, -0.2) is 4.98 Å². The van der Waals surface area contributed by atoms with Crippen LogP contribution in [0, 0.1) is 11.3 Å². The number of hydrogen-bond donors (Lipinski definition) is 3. The Hall–Kier alpha value is -2.82. The van der Waals surface area contributed by atoms with Crippen LogP contribution >= 0.6 is 0 Å². The van der Waals surface area contributed by atoms with Crippen LogP contribution in [0.15, 0.2) is 24.3 Å². The van der Waals surface area contributed by atoms with Crippen molar-refractivity contribution in [3.8, 4) is 28.8 Å². The highest BCUT2D eigenvalue weighted by Gasteiger charge is 2.24. The molecule has 0 amide bonds. The maximum atomic E-state index is 10.6. The molecule has 4 N–H and O–H groups in total. The van der Waals surface area contributed by atoms with Crippen molar-refractivity contribution in [1.82, 2.24) is 10.3 Å². The second kappa shape index (κ2) is 8.68. The number of hydrogen-bond acceptors (Lipinski definition) is 7. The Kier molecular flexibility index (Phi) is 5.84. The van der Waals surface area contributed by atoms with E-state index in [0.29, 0.717) is 29.2 Å². The molecule has 2 aliphatic heterocycles. The van der Waals surface area contributed by atoms with Crippen molar-refractivity contribution in [2.75, 3.05) is 32.0 Å². The Balaban J connectivity index is 1.72. The lowest BCUT2D eigenvalue weighted by molar-refractivity contribution is 0.0681. The molecule has 3 heterocycles. The third kappa shape index (κ3) is 4.14. The van der Waals surface area contributed by atoms with Crippen LogP contribution in [-0.4, -0.2) is 42.5 Å². The minimum Gasteiger partial charge on any atom is -0.507 e. The Morgan fingerprint density at radius 2 is 2.24 bits per heavy atom. The molecule has 7 heteroatoms. The largest absolute Gasteiger partial charge is 0.507 e. The number of rotatable bonds is 5. The first-order chi connectivity index (χ1) is 14.2. The third-order valence-electron chi connectivity index (χ3n) is 5.64. The molecular formula is C22H26N4O3. The van der Waals surface area contributed by atoms with Gasteiger partial charge >= 0.3 is 0 Å². The summed E-state index contributed by atoms with van der Waals surface area (Å²) in [5.74, 6) is 0.965. The van der Waals surface area contributed by atoms with Crippen LogP contribution in [0.4, 0.5) is 5.82 Å². The molecule has 4 rings (SSSR count). The lowest BCUT2D eigenvalue weighted by Crippen LogP contribution is -2.29. The number of nitriles is 1. The van der Waals surface area contributed by atoms with Gasteiger partial charge in [0, 0.05) is 13.2 Å². The Labute approximate surface area is 170 Å². The standard InChI is InChI=1S/C22H26N4O3/c23-11-17-16(14-4-2-8-25-12-14)10-18(26-22(17)24)21-19(27)6-1-7-20(21)29-13-15-5-3-9-28-15/h1,6-7,10,14-15,25,27H,2-5,8-9,12-13H2,(H2,24,26). The minimum absolute atomic E-state index is 0.0630. The van der Waals surface area contributed by atoms with E-state index >= 15 is 0 Å². The van der Waals surface area contributed by atoms with Gasteiger partial charge in [0.05, 0.1) is 22.9 Å². The van der Waals surface area contributed by atoms with Crippen LogP contribution in [-0.2, 0) is 4.74 Å². The molecular weight excluding hydrogens is 368 g/mol. The van der Waals surface area contributed by atoms with Gasteiger partial charge in [-0.1, -0.05) is 6.07 Å². The van der Waals surface area contributed by atoms with Crippen molar-refractivity contribution in [2.24, 2.45) is 0 Å². The highest BCUT2D eigenvalue weighted by Crippen LogP contribution is 2.40. The SMILES string of the molecule is N#Cc1c(C2CCCNC2)cc(-c2c(O)cccc2OCC2CCCO2)nc1N. The van der Waals surface area contributed by atoms with Gasteiger partial charge in [0.15, 0.2) is 0 Å². The molecule has 2 unspecified atom stereocenters. The summed E-state index contributed by atoms with van der Waals surface area (Å²) in [6, 6.07) is 9.23. The summed E-state index contributed by atoms with van der Waals surface area (Å²) in [4.78, 5) is 4.43. The van der Waals surface area contributed by atoms with E-state index in [4.69, 9.17) is 15.2 Å². The number of benzene rings is 1. The van der Waals surface area contributed by atoms with Crippen LogP contribution in [0.1, 0.15) is 42.7 Å². The fourth-order valence-electron chi connectivity index (χ4n) is 4.13. The molecule has 152 valence electrons. The van der Waals surface area contributed by atoms with Crippen LogP contribution in [0.25, 0.3) is 11.3 Å². The summed E-state index contributed by atoms with van der Waals surface area (Å²) in [6.07, 6.45) is 4.09. The zero-order valence-corrected chi connectivity index (χ0v) is 16.4. The smallest absolute Gasteiger partial charge is 0.142 e. The number of ether oxygens (including phenoxy) is 2. The fraction of sp³-hybridized carbons (Fsp3) is 0.455. The van der Waals surface area contributed by atoms with E-state index in [1.165, 1.54) is 0 Å². The monoisotopic (exact) mass is 394 g/mol. The molecule has 0 radical (unpaired) electrons. The van der Waals surface area contributed by atoms with Gasteiger partial charge in [0.2, 0.25) is 0 Å². The number of nitrogens with zero attached hydrogens (tertiary/aromatic N) is 2. The van der Waals surface area contributed by atoms with E-state index in [9.17, 15) is 10.4 Å². The Morgan fingerprint density at radius 1 is 1.34 bits per heavy atom. The summed E-state index contributed by atoms with van der Waals surface area (Å²) in [5, 5.41) is 23.6. The highest BCUT2D eigenvalue weighted by atomic mass is 16.5. The molecule has 7 nitrogen and oxygen atoms in total. The van der Waals surface area contributed by atoms with E-state index in [0.717, 1.165) is 50.9 Å². The van der Waals surface area contributed by atoms with Crippen molar-refractivity contribution < 1.29 is 14.6 Å². The van der Waals surface area contributed by atoms with E-state index in [1.807, 2.05) is 12.1 Å². The van der Waals surface area contributed by atoms with Gasteiger partial charge in [-0.05, 0) is 61.9 Å². The zero-order chi connectivity index (χ0) is 20.2. The fourth-order valence-corrected chi connectivity index (χ4v) is 4.13. The second-order valence-corrected chi connectivity index (χ2v) is 7.61. The molecule has 1 aromatic heterocycles. The average molecular weight is 394 g/mol. The van der Waals surface area contributed by atoms with Gasteiger partial charge in [0.1, 0.15) is 30.0 Å². The van der Waals surface area contributed by atoms with Gasteiger partial charge in [0.25, 0.3) is 0 Å². The molecule has 0 aliphatic carbocycles. The number of pyridine rings is 1. The van der Waals surface area contributed by atoms with Gasteiger partial charge in [-0.15, -0.1) is 0 Å². The first-order valence-corrected chi connectivity index (χ1v) is 10.2. The quantitative estimate of drug-likeness (QED) is 0.714. The molecule has 0 spiro atoms. The number of aromatic nitrogens is 1. The number of phenols is 1. The molecule has 2 atom stereocenters. The lowest BCUT2D eigenvalue weighted by Gasteiger charge is -2.25. The number of aromatic hydroxyl groups is 1. The van der Waals surface area contributed by atoms with Gasteiger partial charge < -0.3 is 25.6 Å². The first-order valence-electron chi connectivity index (χ1n) is 10.2. The maximum Gasteiger partial charge on any atom is 0.142 e. The average Bonchev–Trinajstić information content (AvgIpc) is 3.26. The third-order valence-corrected chi connectivity index (χ3v) is 5.64. The summed E-state index contributed by atoms with van der Waals surface area (Å²) >= 11 is 0. The zero-order valence-electron chi connectivity index (χ0n) is 16.4. The van der Waals surface area contributed by atoms with Crippen molar-refractivity contribution in [3.05, 3.63) is 35.4 Å². The Morgan fingerprint density at radius 3 is 2.97 bits per heavy atom. The Bertz CT molecular complexity index is 913. The van der Waals surface area contributed by atoms with E-state index in [1.54, 1.807) is 12.1 Å². The van der Waals surface area contributed by atoms with Gasteiger partial charge in [-0.3, -0.25) is 0 Å². The van der Waals surface area contributed by atoms with Crippen molar-refractivity contribution in [2.45, 2.75) is 37.7 Å². The van der Waals surface area contributed by atoms with Gasteiger partial charge in [-0.2, -0.15) is 5.26 Å². The predicted molar refractivity (Wildman–Crippen MR) is 110 cm³/mol. The van der Waals surface area contributed by atoms with Crippen LogP contribution in [0.3, 0.4) is 0 Å². The van der Waals surface area contributed by atoms with E-state index in [2.05, 4.69) is 16.4 Å². The number of piperidine rings is 1.